The van der Waals surface area contributed by atoms with Gasteiger partial charge in [-0.25, -0.2) is 0 Å². The molecule has 0 atom stereocenters. The molecule has 0 aliphatic heterocycles. The number of aromatic nitrogens is 1. The van der Waals surface area contributed by atoms with Crippen molar-refractivity contribution in [3.63, 3.8) is 0 Å². The molecule has 0 bridgehead atoms. The van der Waals surface area contributed by atoms with Crippen LogP contribution in [0.5, 0.6) is 11.5 Å². The van der Waals surface area contributed by atoms with Crippen LogP contribution in [0.2, 0.25) is 0 Å². The normalized spacial score (nSPS) is 11.2. The molecule has 5 heteroatoms. The van der Waals surface area contributed by atoms with Gasteiger partial charge >= 0.3 is 0 Å². The van der Waals surface area contributed by atoms with Crippen molar-refractivity contribution in [1.29, 1.82) is 0 Å². The summed E-state index contributed by atoms with van der Waals surface area (Å²) in [5.41, 5.74) is 6.02. The van der Waals surface area contributed by atoms with Gasteiger partial charge in [-0.15, -0.1) is 0 Å². The van der Waals surface area contributed by atoms with Crippen molar-refractivity contribution in [1.82, 2.24) is 4.57 Å². The summed E-state index contributed by atoms with van der Waals surface area (Å²) in [5, 5.41) is 4.24. The molecule has 1 heterocycles. The zero-order valence-electron chi connectivity index (χ0n) is 17.3. The van der Waals surface area contributed by atoms with E-state index in [0.29, 0.717) is 6.61 Å². The lowest BCUT2D eigenvalue weighted by atomic mass is 10.1. The summed E-state index contributed by atoms with van der Waals surface area (Å²) in [5.74, 6) is 1.63. The zero-order valence-corrected chi connectivity index (χ0v) is 17.3. The van der Waals surface area contributed by atoms with E-state index in [-0.39, 0.29) is 0 Å². The van der Waals surface area contributed by atoms with Crippen LogP contribution in [0.25, 0.3) is 16.9 Å². The first-order valence-electron chi connectivity index (χ1n) is 9.38. The third-order valence-electron chi connectivity index (χ3n) is 4.73. The fourth-order valence-electron chi connectivity index (χ4n) is 3.27. The van der Waals surface area contributed by atoms with Gasteiger partial charge in [0.15, 0.2) is 0 Å². The average Bonchev–Trinajstić information content (AvgIpc) is 3.11. The van der Waals surface area contributed by atoms with Gasteiger partial charge in [-0.2, -0.15) is 0 Å². The summed E-state index contributed by atoms with van der Waals surface area (Å²) in [6, 6.07) is 18.2. The van der Waals surface area contributed by atoms with Gasteiger partial charge in [-0.05, 0) is 56.3 Å². The summed E-state index contributed by atoms with van der Waals surface area (Å²) in [4.78, 5) is 5.31. The Bertz CT molecular complexity index is 1020. The number of hydrogen-bond donors (Lipinski definition) is 0. The Morgan fingerprint density at radius 2 is 1.76 bits per heavy atom. The van der Waals surface area contributed by atoms with E-state index in [1.807, 2.05) is 49.4 Å². The molecule has 3 rings (SSSR count). The molecule has 0 radical (unpaired) electrons. The van der Waals surface area contributed by atoms with Crippen molar-refractivity contribution in [3.8, 4) is 28.4 Å². The second-order valence-corrected chi connectivity index (χ2v) is 6.56. The SMILES string of the molecule is C=CCO/N=C(/C)c1cc(-c2cccc(OC)c2)n(-c2ccc(OC)cc2)c1C. The van der Waals surface area contributed by atoms with Gasteiger partial charge in [0.1, 0.15) is 18.1 Å². The standard InChI is InChI=1S/C24H26N2O3/c1-6-14-29-25-17(2)23-16-24(19-8-7-9-22(15-19)28-5)26(18(23)3)20-10-12-21(27-4)13-11-20/h6-13,15-16H,1,14H2,2-5H3/b25-17-. The number of oxime groups is 1. The number of nitrogens with zero attached hydrogens (tertiary/aromatic N) is 2. The number of rotatable bonds is 8. The number of methoxy groups -OCH3 is 2. The quantitative estimate of drug-likeness (QED) is 0.224. The molecule has 3 aromatic rings. The van der Waals surface area contributed by atoms with Crippen LogP contribution in [-0.4, -0.2) is 31.1 Å². The first-order chi connectivity index (χ1) is 14.1. The van der Waals surface area contributed by atoms with E-state index in [4.69, 9.17) is 14.3 Å². The Labute approximate surface area is 171 Å². The molecule has 0 unspecified atom stereocenters. The molecule has 0 N–H and O–H groups in total. The lowest BCUT2D eigenvalue weighted by Crippen LogP contribution is -2.02. The molecule has 29 heavy (non-hydrogen) atoms. The molecule has 0 spiro atoms. The maximum atomic E-state index is 5.42. The topological polar surface area (TPSA) is 45.0 Å². The minimum Gasteiger partial charge on any atom is -0.497 e. The van der Waals surface area contributed by atoms with E-state index in [0.717, 1.165) is 45.4 Å². The summed E-state index contributed by atoms with van der Waals surface area (Å²) in [7, 11) is 3.34. The predicted molar refractivity (Wildman–Crippen MR) is 117 cm³/mol. The summed E-state index contributed by atoms with van der Waals surface area (Å²) < 4.78 is 12.9. The van der Waals surface area contributed by atoms with E-state index < -0.39 is 0 Å². The van der Waals surface area contributed by atoms with Gasteiger partial charge in [0.25, 0.3) is 0 Å². The largest absolute Gasteiger partial charge is 0.497 e. The third-order valence-corrected chi connectivity index (χ3v) is 4.73. The Balaban J connectivity index is 2.17. The molecular weight excluding hydrogens is 364 g/mol. The minimum atomic E-state index is 0.373. The van der Waals surface area contributed by atoms with Crippen molar-refractivity contribution in [2.75, 3.05) is 20.8 Å². The average molecular weight is 390 g/mol. The lowest BCUT2D eigenvalue weighted by molar-refractivity contribution is 0.175. The van der Waals surface area contributed by atoms with Gasteiger partial charge in [0.2, 0.25) is 0 Å². The Kier molecular flexibility index (Phi) is 6.39. The van der Waals surface area contributed by atoms with Crippen LogP contribution in [0, 0.1) is 6.92 Å². The zero-order chi connectivity index (χ0) is 20.8. The first-order valence-corrected chi connectivity index (χ1v) is 9.38. The Morgan fingerprint density at radius 1 is 1.03 bits per heavy atom. The highest BCUT2D eigenvalue weighted by Gasteiger charge is 2.17. The van der Waals surface area contributed by atoms with E-state index >= 15 is 0 Å². The third kappa shape index (κ3) is 4.35. The van der Waals surface area contributed by atoms with E-state index in [2.05, 4.69) is 35.4 Å². The molecule has 5 nitrogen and oxygen atoms in total. The fourth-order valence-corrected chi connectivity index (χ4v) is 3.27. The predicted octanol–water partition coefficient (Wildman–Crippen LogP) is 5.40. The maximum Gasteiger partial charge on any atom is 0.135 e. The highest BCUT2D eigenvalue weighted by Crippen LogP contribution is 2.32. The molecule has 2 aromatic carbocycles. The van der Waals surface area contributed by atoms with Crippen LogP contribution in [0.1, 0.15) is 18.2 Å². The summed E-state index contributed by atoms with van der Waals surface area (Å²) >= 11 is 0. The number of benzene rings is 2. The van der Waals surface area contributed by atoms with Gasteiger partial charge in [0.05, 0.1) is 25.6 Å². The van der Waals surface area contributed by atoms with Crippen molar-refractivity contribution >= 4 is 5.71 Å². The van der Waals surface area contributed by atoms with E-state index in [1.165, 1.54) is 0 Å². The Hall–Kier alpha value is -3.47. The highest BCUT2D eigenvalue weighted by atomic mass is 16.6. The maximum absolute atomic E-state index is 5.42. The van der Waals surface area contributed by atoms with Crippen molar-refractivity contribution in [2.24, 2.45) is 5.16 Å². The van der Waals surface area contributed by atoms with Crippen LogP contribution >= 0.6 is 0 Å². The van der Waals surface area contributed by atoms with Crippen LogP contribution in [0.4, 0.5) is 0 Å². The highest BCUT2D eigenvalue weighted by molar-refractivity contribution is 6.01. The van der Waals surface area contributed by atoms with Crippen molar-refractivity contribution in [2.45, 2.75) is 13.8 Å². The van der Waals surface area contributed by atoms with Gasteiger partial charge in [-0.3, -0.25) is 0 Å². The molecule has 0 aliphatic rings. The van der Waals surface area contributed by atoms with E-state index in [9.17, 15) is 0 Å². The Morgan fingerprint density at radius 3 is 2.41 bits per heavy atom. The van der Waals surface area contributed by atoms with E-state index in [1.54, 1.807) is 20.3 Å². The van der Waals surface area contributed by atoms with Gasteiger partial charge in [-0.1, -0.05) is 29.9 Å². The second-order valence-electron chi connectivity index (χ2n) is 6.56. The molecule has 0 saturated carbocycles. The molecule has 0 saturated heterocycles. The fraction of sp³-hybridized carbons (Fsp3) is 0.208. The molecular formula is C24H26N2O3. The summed E-state index contributed by atoms with van der Waals surface area (Å²) in [6.45, 7) is 8.05. The first kappa shape index (κ1) is 20.3. The number of ether oxygens (including phenoxy) is 2. The molecule has 0 aliphatic carbocycles. The van der Waals surface area contributed by atoms with Gasteiger partial charge in [0, 0.05) is 22.5 Å². The van der Waals surface area contributed by atoms with Crippen molar-refractivity contribution < 1.29 is 14.3 Å². The van der Waals surface area contributed by atoms with Crippen LogP contribution < -0.4 is 9.47 Å². The molecule has 0 amide bonds. The second kappa shape index (κ2) is 9.15. The van der Waals surface area contributed by atoms with Crippen molar-refractivity contribution in [3.05, 3.63) is 78.5 Å². The minimum absolute atomic E-state index is 0.373. The smallest absolute Gasteiger partial charge is 0.135 e. The molecule has 150 valence electrons. The van der Waals surface area contributed by atoms with Crippen LogP contribution in [-0.2, 0) is 4.84 Å². The summed E-state index contributed by atoms with van der Waals surface area (Å²) in [6.07, 6.45) is 1.67. The number of hydrogen-bond acceptors (Lipinski definition) is 4. The molecule has 0 fully saturated rings. The molecule has 1 aromatic heterocycles. The lowest BCUT2D eigenvalue weighted by Gasteiger charge is -2.13. The van der Waals surface area contributed by atoms with Crippen LogP contribution in [0.3, 0.4) is 0 Å². The monoisotopic (exact) mass is 390 g/mol. The van der Waals surface area contributed by atoms with Crippen LogP contribution in [0.15, 0.2) is 72.4 Å². The van der Waals surface area contributed by atoms with Gasteiger partial charge < -0.3 is 18.9 Å².